The minimum atomic E-state index is -0.476. The largest absolute Gasteiger partial charge is 0.465 e. The highest BCUT2D eigenvalue weighted by atomic mass is 16.5. The number of para-hydroxylation sites is 1. The van der Waals surface area contributed by atoms with Crippen LogP contribution < -0.4 is 10.2 Å². The Morgan fingerprint density at radius 2 is 1.96 bits per heavy atom. The monoisotopic (exact) mass is 341 g/mol. The Labute approximate surface area is 147 Å². The molecule has 0 bridgehead atoms. The van der Waals surface area contributed by atoms with Crippen LogP contribution in [0.5, 0.6) is 0 Å². The fraction of sp³-hybridized carbons (Fsp3) is 0.316. The van der Waals surface area contributed by atoms with Crippen molar-refractivity contribution in [3.63, 3.8) is 0 Å². The quantitative estimate of drug-likeness (QED) is 0.783. The number of nitrogens with zero attached hydrogens (tertiary/aromatic N) is 2. The molecule has 6 heteroatoms. The number of carbonyl (C=O) groups is 2. The maximum absolute atomic E-state index is 12.2. The third-order valence-corrected chi connectivity index (χ3v) is 3.92. The van der Waals surface area contributed by atoms with Crippen molar-refractivity contribution >= 4 is 17.6 Å². The van der Waals surface area contributed by atoms with E-state index in [-0.39, 0.29) is 11.6 Å². The highest BCUT2D eigenvalue weighted by molar-refractivity contribution is 5.94. The second-order valence-corrected chi connectivity index (χ2v) is 5.55. The Morgan fingerprint density at radius 3 is 2.56 bits per heavy atom. The van der Waals surface area contributed by atoms with Crippen LogP contribution in [-0.4, -0.2) is 43.6 Å². The van der Waals surface area contributed by atoms with Gasteiger partial charge in [0.2, 0.25) is 0 Å². The first-order chi connectivity index (χ1) is 12.1. The number of likely N-dealkylation sites (N-methyl/N-ethyl adjacent to an activating group) is 1. The van der Waals surface area contributed by atoms with Gasteiger partial charge < -0.3 is 15.0 Å². The Balaban J connectivity index is 1.91. The van der Waals surface area contributed by atoms with Gasteiger partial charge in [-0.1, -0.05) is 18.2 Å². The summed E-state index contributed by atoms with van der Waals surface area (Å²) in [5, 5.41) is 2.86. The molecule has 0 unspecified atom stereocenters. The van der Waals surface area contributed by atoms with Crippen LogP contribution in [0.4, 0.5) is 5.69 Å². The van der Waals surface area contributed by atoms with Crippen molar-refractivity contribution in [2.45, 2.75) is 13.8 Å². The Bertz CT molecular complexity index is 729. The minimum absolute atomic E-state index is 0.266. The second kappa shape index (κ2) is 8.82. The topological polar surface area (TPSA) is 71.5 Å². The van der Waals surface area contributed by atoms with Gasteiger partial charge in [0.1, 0.15) is 5.69 Å². The van der Waals surface area contributed by atoms with Crippen LogP contribution in [0.1, 0.15) is 33.3 Å². The van der Waals surface area contributed by atoms with Crippen LogP contribution in [0.25, 0.3) is 0 Å². The van der Waals surface area contributed by atoms with Gasteiger partial charge in [0.25, 0.3) is 5.91 Å². The van der Waals surface area contributed by atoms with Crippen molar-refractivity contribution in [1.82, 2.24) is 10.3 Å². The van der Waals surface area contributed by atoms with Crippen molar-refractivity contribution in [1.29, 1.82) is 0 Å². The smallest absolute Gasteiger partial charge is 0.339 e. The van der Waals surface area contributed by atoms with Crippen molar-refractivity contribution in [3.8, 4) is 0 Å². The summed E-state index contributed by atoms with van der Waals surface area (Å²) in [4.78, 5) is 29.8. The van der Waals surface area contributed by atoms with E-state index < -0.39 is 5.97 Å². The van der Waals surface area contributed by atoms with Crippen LogP contribution in [0, 0.1) is 6.92 Å². The molecule has 2 aromatic rings. The number of aromatic nitrogens is 1. The molecule has 0 aliphatic carbocycles. The fourth-order valence-corrected chi connectivity index (χ4v) is 2.53. The normalized spacial score (nSPS) is 10.2. The molecule has 0 saturated heterocycles. The van der Waals surface area contributed by atoms with Gasteiger partial charge in [-0.25, -0.2) is 4.79 Å². The average Bonchev–Trinajstić information content (AvgIpc) is 2.65. The Kier molecular flexibility index (Phi) is 6.51. The van der Waals surface area contributed by atoms with Gasteiger partial charge in [0.15, 0.2) is 0 Å². The molecule has 132 valence electrons. The van der Waals surface area contributed by atoms with Gasteiger partial charge in [-0.2, -0.15) is 0 Å². The molecule has 0 radical (unpaired) electrons. The van der Waals surface area contributed by atoms with E-state index in [0.717, 1.165) is 6.54 Å². The third kappa shape index (κ3) is 4.79. The summed E-state index contributed by atoms with van der Waals surface area (Å²) in [5.41, 5.74) is 2.96. The fourth-order valence-electron chi connectivity index (χ4n) is 2.53. The lowest BCUT2D eigenvalue weighted by Gasteiger charge is -2.25. The van der Waals surface area contributed by atoms with Crippen LogP contribution >= 0.6 is 0 Å². The zero-order valence-electron chi connectivity index (χ0n) is 14.8. The first kappa shape index (κ1) is 18.4. The van der Waals surface area contributed by atoms with Crippen molar-refractivity contribution in [2.75, 3.05) is 31.6 Å². The molecule has 1 aromatic heterocycles. The number of hydrogen-bond acceptors (Lipinski definition) is 5. The average molecular weight is 341 g/mol. The molecule has 2 rings (SSSR count). The number of carbonyl (C=O) groups excluding carboxylic acids is 2. The van der Waals surface area contributed by atoms with Crippen molar-refractivity contribution in [2.24, 2.45) is 0 Å². The lowest BCUT2D eigenvalue weighted by molar-refractivity contribution is 0.0599. The van der Waals surface area contributed by atoms with E-state index in [0.29, 0.717) is 18.7 Å². The van der Waals surface area contributed by atoms with E-state index in [4.69, 9.17) is 0 Å². The van der Waals surface area contributed by atoms with E-state index in [1.54, 1.807) is 0 Å². The van der Waals surface area contributed by atoms with E-state index >= 15 is 0 Å². The van der Waals surface area contributed by atoms with Gasteiger partial charge in [0, 0.05) is 31.5 Å². The van der Waals surface area contributed by atoms with Gasteiger partial charge in [-0.15, -0.1) is 0 Å². The summed E-state index contributed by atoms with van der Waals surface area (Å²) in [6.07, 6.45) is 1.34. The molecule has 1 amide bonds. The highest BCUT2D eigenvalue weighted by Crippen LogP contribution is 2.18. The molecule has 1 heterocycles. The summed E-state index contributed by atoms with van der Waals surface area (Å²) in [6.45, 7) is 6.21. The molecular weight excluding hydrogens is 318 g/mol. The lowest BCUT2D eigenvalue weighted by Crippen LogP contribution is -2.35. The molecule has 6 nitrogen and oxygen atoms in total. The number of aryl methyl sites for hydroxylation is 1. The number of anilines is 1. The standard InChI is InChI=1S/C19H23N3O3/c1-4-22(17-8-6-5-7-14(17)2)12-11-20-18(23)16-10-9-15(13-21-16)19(24)25-3/h5-10,13H,4,11-12H2,1-3H3,(H,20,23). The zero-order chi connectivity index (χ0) is 18.2. The number of pyridine rings is 1. The number of nitrogens with one attached hydrogen (secondary N) is 1. The van der Waals surface area contributed by atoms with E-state index in [9.17, 15) is 9.59 Å². The molecule has 0 aliphatic heterocycles. The molecular formula is C19H23N3O3. The van der Waals surface area contributed by atoms with Gasteiger partial charge in [-0.05, 0) is 37.6 Å². The van der Waals surface area contributed by atoms with Crippen LogP contribution in [0.15, 0.2) is 42.6 Å². The van der Waals surface area contributed by atoms with Crippen LogP contribution in [0.3, 0.4) is 0 Å². The summed E-state index contributed by atoms with van der Waals surface area (Å²) in [7, 11) is 1.30. The number of hydrogen-bond donors (Lipinski definition) is 1. The number of ether oxygens (including phenoxy) is 1. The number of methoxy groups -OCH3 is 1. The SMILES string of the molecule is CCN(CCNC(=O)c1ccc(C(=O)OC)cn1)c1ccccc1C. The summed E-state index contributed by atoms with van der Waals surface area (Å²) in [6, 6.07) is 11.2. The molecule has 0 saturated carbocycles. The first-order valence-electron chi connectivity index (χ1n) is 8.20. The maximum atomic E-state index is 12.2. The van der Waals surface area contributed by atoms with Gasteiger partial charge >= 0.3 is 5.97 Å². The number of amides is 1. The zero-order valence-corrected chi connectivity index (χ0v) is 14.8. The third-order valence-electron chi connectivity index (χ3n) is 3.92. The molecule has 0 aliphatic rings. The molecule has 0 atom stereocenters. The molecule has 1 aromatic carbocycles. The van der Waals surface area contributed by atoms with Gasteiger partial charge in [0.05, 0.1) is 12.7 Å². The minimum Gasteiger partial charge on any atom is -0.465 e. The Morgan fingerprint density at radius 1 is 1.20 bits per heavy atom. The molecule has 0 spiro atoms. The second-order valence-electron chi connectivity index (χ2n) is 5.55. The maximum Gasteiger partial charge on any atom is 0.339 e. The number of rotatable bonds is 7. The van der Waals surface area contributed by atoms with E-state index in [1.807, 2.05) is 12.1 Å². The molecule has 1 N–H and O–H groups in total. The summed E-state index contributed by atoms with van der Waals surface area (Å²) in [5.74, 6) is -0.742. The molecule has 25 heavy (non-hydrogen) atoms. The highest BCUT2D eigenvalue weighted by Gasteiger charge is 2.11. The first-order valence-corrected chi connectivity index (χ1v) is 8.20. The Hall–Kier alpha value is -2.89. The van der Waals surface area contributed by atoms with E-state index in [2.05, 4.69) is 45.9 Å². The lowest BCUT2D eigenvalue weighted by atomic mass is 10.2. The predicted molar refractivity (Wildman–Crippen MR) is 97.0 cm³/mol. The number of benzene rings is 1. The van der Waals surface area contributed by atoms with Crippen LogP contribution in [-0.2, 0) is 4.74 Å². The summed E-state index contributed by atoms with van der Waals surface area (Å²) < 4.78 is 4.61. The van der Waals surface area contributed by atoms with Gasteiger partial charge in [-0.3, -0.25) is 9.78 Å². The summed E-state index contributed by atoms with van der Waals surface area (Å²) >= 11 is 0. The molecule has 0 fully saturated rings. The van der Waals surface area contributed by atoms with Crippen LogP contribution in [0.2, 0.25) is 0 Å². The predicted octanol–water partition coefficient (Wildman–Crippen LogP) is 2.43. The van der Waals surface area contributed by atoms with Crippen molar-refractivity contribution < 1.29 is 14.3 Å². The van der Waals surface area contributed by atoms with E-state index in [1.165, 1.54) is 36.7 Å². The number of esters is 1. The van der Waals surface area contributed by atoms with Crippen molar-refractivity contribution in [3.05, 3.63) is 59.4 Å².